The minimum Gasteiger partial charge on any atom is -0.870 e. The third kappa shape index (κ3) is 9.90. The topological polar surface area (TPSA) is 292 Å². The SMILES string of the molecule is Cc1nn(-c2cc(Cl)ccc2Cl)c([O-])c1N=Nc1c([O-])c(S(=O)(=O)[O-])cc2ccccc12.Cc1nn(-c2cc(Cl)ccc2Cl)c([O-])c1N=Nc1c([O-])c(S(=O)(=O)[O-])cc2ccccc12.[Cr+3].[H+].[H+].[H+]. The second kappa shape index (κ2) is 18.9. The molecular formula is C40H25Cl4CrN8O10S2. The van der Waals surface area contributed by atoms with Crippen LogP contribution in [0.3, 0.4) is 0 Å². The third-order valence-corrected chi connectivity index (χ3v) is 12.0. The number of hydrogen-bond donors (Lipinski definition) is 0. The average molecular weight is 1040 g/mol. The molecule has 0 atom stereocenters. The van der Waals surface area contributed by atoms with E-state index in [4.69, 9.17) is 46.4 Å². The van der Waals surface area contributed by atoms with Crippen LogP contribution in [-0.4, -0.2) is 45.5 Å². The molecule has 65 heavy (non-hydrogen) atoms. The molecule has 8 rings (SSSR count). The van der Waals surface area contributed by atoms with Crippen LogP contribution in [0, 0.1) is 13.8 Å². The second-order valence-corrected chi connectivity index (χ2v) is 17.7. The number of nitrogens with zero attached hydrogens (tertiary/aromatic N) is 8. The predicted molar refractivity (Wildman–Crippen MR) is 230 cm³/mol. The minimum absolute atomic E-state index is 0. The molecule has 0 amide bonds. The molecule has 0 spiro atoms. The molecule has 2 aromatic heterocycles. The van der Waals surface area contributed by atoms with Gasteiger partial charge in [-0.15, -0.1) is 10.2 Å². The van der Waals surface area contributed by atoms with Crippen molar-refractivity contribution in [3.05, 3.63) is 129 Å². The number of aryl methyl sites for hydroxylation is 2. The van der Waals surface area contributed by atoms with E-state index in [1.807, 2.05) is 0 Å². The van der Waals surface area contributed by atoms with Crippen LogP contribution >= 0.6 is 46.4 Å². The molecule has 0 saturated heterocycles. The van der Waals surface area contributed by atoms with Crippen molar-refractivity contribution >= 4 is 111 Å². The predicted octanol–water partition coefficient (Wildman–Crippen LogP) is 8.55. The number of aromatic nitrogens is 4. The fourth-order valence-corrected chi connectivity index (χ4v) is 8.11. The van der Waals surface area contributed by atoms with Crippen LogP contribution in [0.15, 0.2) is 127 Å². The number of rotatable bonds is 8. The van der Waals surface area contributed by atoms with Crippen LogP contribution < -0.4 is 20.4 Å². The van der Waals surface area contributed by atoms with Crippen LogP contribution in [0.5, 0.6) is 23.3 Å². The van der Waals surface area contributed by atoms with Gasteiger partial charge in [-0.1, -0.05) is 106 Å². The van der Waals surface area contributed by atoms with E-state index < -0.39 is 53.3 Å². The number of hydrogen-bond acceptors (Lipinski definition) is 16. The summed E-state index contributed by atoms with van der Waals surface area (Å²) in [7, 11) is -10.1. The first-order chi connectivity index (χ1) is 30.1. The van der Waals surface area contributed by atoms with Crippen molar-refractivity contribution < 1.29 is 68.0 Å². The molecule has 331 valence electrons. The van der Waals surface area contributed by atoms with Gasteiger partial charge in [0.05, 0.1) is 44.2 Å². The molecule has 0 aliphatic heterocycles. The summed E-state index contributed by atoms with van der Waals surface area (Å²) in [6, 6.07) is 23.5. The first-order valence-corrected chi connectivity index (χ1v) is 22.1. The fraction of sp³-hybridized carbons (Fsp3) is 0.0500. The van der Waals surface area contributed by atoms with Crippen LogP contribution in [0.2, 0.25) is 20.1 Å². The number of halogens is 4. The van der Waals surface area contributed by atoms with Crippen molar-refractivity contribution in [2.45, 2.75) is 23.6 Å². The quantitative estimate of drug-likeness (QED) is 0.102. The molecule has 6 aromatic carbocycles. The third-order valence-electron chi connectivity index (χ3n) is 9.17. The van der Waals surface area contributed by atoms with E-state index in [1.54, 1.807) is 36.4 Å². The van der Waals surface area contributed by atoms with Gasteiger partial charge in [0, 0.05) is 42.4 Å². The standard InChI is InChI=1S/2C20H14Cl2N4O5S.Cr/c2*1-10-17(20(28)26(25-10)15-9-12(21)6-7-14(15)22)23-24-18-13-5-3-2-4-11(13)8-16(19(18)27)32(29,30)31;/h2*2-9,27-28H,1H3,(H,29,30,31);/q;;+3/p-3. The van der Waals surface area contributed by atoms with Crippen molar-refractivity contribution in [2.75, 3.05) is 0 Å². The van der Waals surface area contributed by atoms with Crippen LogP contribution in [0.25, 0.3) is 32.9 Å². The molecule has 25 heteroatoms. The Labute approximate surface area is 403 Å². The summed E-state index contributed by atoms with van der Waals surface area (Å²) >= 11 is 24.2. The van der Waals surface area contributed by atoms with Gasteiger partial charge in [0.2, 0.25) is 0 Å². The van der Waals surface area contributed by atoms with Crippen molar-refractivity contribution in [1.29, 1.82) is 0 Å². The molecule has 0 unspecified atom stereocenters. The Bertz CT molecular complexity index is 3290. The van der Waals surface area contributed by atoms with Gasteiger partial charge < -0.3 is 29.5 Å². The maximum absolute atomic E-state index is 12.9. The van der Waals surface area contributed by atoms with E-state index in [2.05, 4.69) is 30.7 Å². The monoisotopic (exact) mass is 1030 g/mol. The van der Waals surface area contributed by atoms with Crippen molar-refractivity contribution in [1.82, 2.24) is 19.6 Å². The van der Waals surface area contributed by atoms with E-state index in [-0.39, 0.29) is 88.0 Å². The fourth-order valence-electron chi connectivity index (χ4n) is 6.19. The smallest absolute Gasteiger partial charge is 0.870 e. The summed E-state index contributed by atoms with van der Waals surface area (Å²) in [5.41, 5.74) is -0.348. The molecule has 1 radical (unpaired) electrons. The van der Waals surface area contributed by atoms with Gasteiger partial charge in [-0.05, 0) is 73.2 Å². The molecule has 0 N–H and O–H groups in total. The zero-order valence-corrected chi connectivity index (χ0v) is 38.6. The van der Waals surface area contributed by atoms with Crippen LogP contribution in [-0.2, 0) is 37.6 Å². The molecule has 0 saturated carbocycles. The van der Waals surface area contributed by atoms with Gasteiger partial charge in [0.25, 0.3) is 0 Å². The molecular weight excluding hydrogens is 1010 g/mol. The zero-order chi connectivity index (χ0) is 46.4. The Morgan fingerprint density at radius 1 is 0.523 bits per heavy atom. The Hall–Kier alpha value is -5.83. The maximum Gasteiger partial charge on any atom is 3.00 e. The first kappa shape index (κ1) is 48.6. The minimum atomic E-state index is -5.06. The molecule has 18 nitrogen and oxygen atoms in total. The zero-order valence-electron chi connectivity index (χ0n) is 35.6. The van der Waals surface area contributed by atoms with E-state index in [1.165, 1.54) is 62.4 Å². The normalized spacial score (nSPS) is 11.9. The maximum atomic E-state index is 12.9. The number of fused-ring (bicyclic) bond motifs is 2. The van der Waals surface area contributed by atoms with Gasteiger partial charge in [0.1, 0.15) is 31.6 Å². The van der Waals surface area contributed by atoms with Crippen molar-refractivity contribution in [2.24, 2.45) is 20.5 Å². The average Bonchev–Trinajstić information content (AvgIpc) is 3.68. The summed E-state index contributed by atoms with van der Waals surface area (Å²) in [4.78, 5) is -1.91. The number of benzene rings is 6. The summed E-state index contributed by atoms with van der Waals surface area (Å²) < 4.78 is 71.2. The Morgan fingerprint density at radius 2 is 0.862 bits per heavy atom. The van der Waals surface area contributed by atoms with E-state index in [0.717, 1.165) is 21.5 Å². The van der Waals surface area contributed by atoms with Crippen molar-refractivity contribution in [3.8, 4) is 34.6 Å². The summed E-state index contributed by atoms with van der Waals surface area (Å²) in [5.74, 6) is -3.59. The summed E-state index contributed by atoms with van der Waals surface area (Å²) in [5, 5.41) is 77.0. The van der Waals surface area contributed by atoms with Crippen molar-refractivity contribution in [3.63, 3.8) is 0 Å². The van der Waals surface area contributed by atoms with Gasteiger partial charge in [-0.25, -0.2) is 26.2 Å². The molecule has 0 bridgehead atoms. The Kier molecular flexibility index (Phi) is 14.2. The van der Waals surface area contributed by atoms with Gasteiger partial charge in [-0.3, -0.25) is 0 Å². The first-order valence-electron chi connectivity index (χ1n) is 17.8. The second-order valence-electron chi connectivity index (χ2n) is 13.3. The Morgan fingerprint density at radius 3 is 1.22 bits per heavy atom. The molecule has 0 aliphatic carbocycles. The Balaban J connectivity index is 0.000000340. The van der Waals surface area contributed by atoms with Gasteiger partial charge in [0.15, 0.2) is 0 Å². The van der Waals surface area contributed by atoms with Crippen LogP contribution in [0.4, 0.5) is 22.7 Å². The summed E-state index contributed by atoms with van der Waals surface area (Å²) in [6.45, 7) is 3.00. The van der Waals surface area contributed by atoms with E-state index in [0.29, 0.717) is 20.8 Å². The summed E-state index contributed by atoms with van der Waals surface area (Å²) in [6.07, 6.45) is 0. The molecule has 2 heterocycles. The van der Waals surface area contributed by atoms with E-state index >= 15 is 0 Å². The van der Waals surface area contributed by atoms with Gasteiger partial charge >= 0.3 is 21.6 Å². The molecule has 8 aromatic rings. The molecule has 0 aliphatic rings. The largest absolute Gasteiger partial charge is 3.00 e. The van der Waals surface area contributed by atoms with Gasteiger partial charge in [-0.2, -0.15) is 20.4 Å². The number of azo groups is 2. The molecule has 0 fully saturated rings. The van der Waals surface area contributed by atoms with E-state index in [9.17, 15) is 46.4 Å². The van der Waals surface area contributed by atoms with Crippen LogP contribution in [0.1, 0.15) is 15.7 Å².